The van der Waals surface area contributed by atoms with Gasteiger partial charge in [0.05, 0.1) is 9.21 Å². The van der Waals surface area contributed by atoms with Crippen LogP contribution in [0.25, 0.3) is 10.7 Å². The molecule has 0 fully saturated rings. The molecule has 13 heavy (non-hydrogen) atoms. The number of nitrogens with two attached hydrogens (primary N) is 1. The van der Waals surface area contributed by atoms with Crippen LogP contribution in [-0.4, -0.2) is 9.55 Å². The monoisotopic (exact) mass is 213 g/mol. The average molecular weight is 214 g/mol. The van der Waals surface area contributed by atoms with Crippen molar-refractivity contribution in [3.8, 4) is 10.7 Å². The van der Waals surface area contributed by atoms with E-state index in [2.05, 4.69) is 4.98 Å². The molecular weight excluding hydrogens is 206 g/mol. The second-order valence-corrected chi connectivity index (χ2v) is 4.42. The molecule has 0 bridgehead atoms. The number of rotatable bonds is 1. The van der Waals surface area contributed by atoms with E-state index < -0.39 is 0 Å². The van der Waals surface area contributed by atoms with Crippen LogP contribution >= 0.6 is 22.9 Å². The number of imidazole rings is 1. The molecular formula is C8H8ClN3S. The first-order valence-corrected chi connectivity index (χ1v) is 4.91. The number of aromatic nitrogens is 2. The minimum absolute atomic E-state index is 0.530. The lowest BCUT2D eigenvalue weighted by molar-refractivity contribution is 0.928. The standard InChI is InChI=1S/C8H8ClN3S/c1-12-4-7(10)11-8(12)5-2-3-6(9)13-5/h2-4H,10H2,1H3. The third-order valence-corrected chi connectivity index (χ3v) is 2.92. The fraction of sp³-hybridized carbons (Fsp3) is 0.125. The Hall–Kier alpha value is -1.000. The SMILES string of the molecule is Cn1cc(N)nc1-c1ccc(Cl)s1. The van der Waals surface area contributed by atoms with Crippen LogP contribution in [0.5, 0.6) is 0 Å². The van der Waals surface area contributed by atoms with Crippen molar-refractivity contribution in [3.05, 3.63) is 22.7 Å². The zero-order valence-electron chi connectivity index (χ0n) is 6.99. The first-order valence-electron chi connectivity index (χ1n) is 3.71. The minimum Gasteiger partial charge on any atom is -0.382 e. The van der Waals surface area contributed by atoms with Crippen LogP contribution in [0.15, 0.2) is 18.3 Å². The Kier molecular flexibility index (Phi) is 2.01. The molecule has 0 atom stereocenters. The van der Waals surface area contributed by atoms with Crippen LogP contribution in [-0.2, 0) is 7.05 Å². The van der Waals surface area contributed by atoms with Crippen molar-refractivity contribution in [2.24, 2.45) is 7.05 Å². The lowest BCUT2D eigenvalue weighted by Gasteiger charge is -1.95. The molecule has 2 rings (SSSR count). The largest absolute Gasteiger partial charge is 0.382 e. The summed E-state index contributed by atoms with van der Waals surface area (Å²) in [5.41, 5.74) is 5.56. The summed E-state index contributed by atoms with van der Waals surface area (Å²) >= 11 is 7.31. The summed E-state index contributed by atoms with van der Waals surface area (Å²) in [5.74, 6) is 1.39. The van der Waals surface area contributed by atoms with Crippen molar-refractivity contribution in [1.29, 1.82) is 0 Å². The van der Waals surface area contributed by atoms with Crippen LogP contribution in [0.3, 0.4) is 0 Å². The summed E-state index contributed by atoms with van der Waals surface area (Å²) in [5, 5.41) is 0. The second kappa shape index (κ2) is 3.05. The normalized spacial score (nSPS) is 10.6. The van der Waals surface area contributed by atoms with Gasteiger partial charge in [0.15, 0.2) is 5.82 Å². The van der Waals surface area contributed by atoms with E-state index >= 15 is 0 Å². The van der Waals surface area contributed by atoms with Gasteiger partial charge in [-0.1, -0.05) is 11.6 Å². The maximum atomic E-state index is 5.82. The number of nitrogen functional groups attached to an aromatic ring is 1. The van der Waals surface area contributed by atoms with E-state index in [-0.39, 0.29) is 0 Å². The molecule has 3 nitrogen and oxygen atoms in total. The summed E-state index contributed by atoms with van der Waals surface area (Å²) in [6.07, 6.45) is 1.78. The highest BCUT2D eigenvalue weighted by Gasteiger charge is 2.07. The highest BCUT2D eigenvalue weighted by atomic mass is 35.5. The van der Waals surface area contributed by atoms with Crippen LogP contribution in [0.4, 0.5) is 5.82 Å². The quantitative estimate of drug-likeness (QED) is 0.791. The van der Waals surface area contributed by atoms with Gasteiger partial charge in [-0.05, 0) is 12.1 Å². The minimum atomic E-state index is 0.530. The molecule has 0 unspecified atom stereocenters. The second-order valence-electron chi connectivity index (χ2n) is 2.70. The molecule has 0 aliphatic carbocycles. The van der Waals surface area contributed by atoms with E-state index in [1.165, 1.54) is 11.3 Å². The topological polar surface area (TPSA) is 43.8 Å². The molecule has 0 aliphatic heterocycles. The summed E-state index contributed by atoms with van der Waals surface area (Å²) in [7, 11) is 1.91. The number of halogens is 1. The molecule has 68 valence electrons. The molecule has 2 aromatic rings. The predicted molar refractivity (Wildman–Crippen MR) is 55.9 cm³/mol. The Morgan fingerprint density at radius 2 is 2.31 bits per heavy atom. The van der Waals surface area contributed by atoms with Crippen molar-refractivity contribution < 1.29 is 0 Å². The lowest BCUT2D eigenvalue weighted by Crippen LogP contribution is -1.87. The third kappa shape index (κ3) is 1.55. The first kappa shape index (κ1) is 8.59. The van der Waals surface area contributed by atoms with Crippen LogP contribution in [0.1, 0.15) is 0 Å². The zero-order valence-corrected chi connectivity index (χ0v) is 8.56. The summed E-state index contributed by atoms with van der Waals surface area (Å²) in [6.45, 7) is 0. The summed E-state index contributed by atoms with van der Waals surface area (Å²) in [4.78, 5) is 5.22. The number of hydrogen-bond donors (Lipinski definition) is 1. The molecule has 0 aliphatic rings. The number of anilines is 1. The van der Waals surface area contributed by atoms with Gasteiger partial charge in [0.25, 0.3) is 0 Å². The molecule has 2 heterocycles. The van der Waals surface area contributed by atoms with Crippen LogP contribution in [0.2, 0.25) is 4.34 Å². The highest BCUT2D eigenvalue weighted by Crippen LogP contribution is 2.30. The van der Waals surface area contributed by atoms with Crippen molar-refractivity contribution in [2.75, 3.05) is 5.73 Å². The maximum absolute atomic E-state index is 5.82. The number of nitrogens with zero attached hydrogens (tertiary/aromatic N) is 2. The van der Waals surface area contributed by atoms with Crippen LogP contribution < -0.4 is 5.73 Å². The Morgan fingerprint density at radius 1 is 1.54 bits per heavy atom. The van der Waals surface area contributed by atoms with Gasteiger partial charge in [-0.2, -0.15) is 0 Å². The van der Waals surface area contributed by atoms with E-state index in [0.29, 0.717) is 5.82 Å². The molecule has 0 saturated carbocycles. The molecule has 0 radical (unpaired) electrons. The summed E-state index contributed by atoms with van der Waals surface area (Å²) < 4.78 is 2.65. The third-order valence-electron chi connectivity index (χ3n) is 1.69. The van der Waals surface area contributed by atoms with E-state index in [4.69, 9.17) is 17.3 Å². The number of thiophene rings is 1. The zero-order chi connectivity index (χ0) is 9.42. The maximum Gasteiger partial charge on any atom is 0.152 e. The van der Waals surface area contributed by atoms with Gasteiger partial charge in [-0.15, -0.1) is 11.3 Å². The van der Waals surface area contributed by atoms with Gasteiger partial charge in [-0.25, -0.2) is 4.98 Å². The fourth-order valence-corrected chi connectivity index (χ4v) is 2.23. The van der Waals surface area contributed by atoms with E-state index in [9.17, 15) is 0 Å². The molecule has 2 N–H and O–H groups in total. The smallest absolute Gasteiger partial charge is 0.152 e. The van der Waals surface area contributed by atoms with Crippen molar-refractivity contribution in [1.82, 2.24) is 9.55 Å². The Labute approximate surface area is 84.8 Å². The van der Waals surface area contributed by atoms with Gasteiger partial charge < -0.3 is 10.3 Å². The van der Waals surface area contributed by atoms with Gasteiger partial charge in [0, 0.05) is 13.2 Å². The molecule has 0 aromatic carbocycles. The molecule has 2 aromatic heterocycles. The first-order chi connectivity index (χ1) is 6.16. The van der Waals surface area contributed by atoms with Gasteiger partial charge in [0.2, 0.25) is 0 Å². The molecule has 0 saturated heterocycles. The highest BCUT2D eigenvalue weighted by molar-refractivity contribution is 7.19. The Balaban J connectivity index is 2.51. The lowest BCUT2D eigenvalue weighted by atomic mass is 10.4. The van der Waals surface area contributed by atoms with Crippen molar-refractivity contribution in [2.45, 2.75) is 0 Å². The molecule has 0 spiro atoms. The van der Waals surface area contributed by atoms with Crippen LogP contribution in [0, 0.1) is 0 Å². The number of hydrogen-bond acceptors (Lipinski definition) is 3. The van der Waals surface area contributed by atoms with E-state index in [0.717, 1.165) is 15.0 Å². The van der Waals surface area contributed by atoms with E-state index in [1.54, 1.807) is 6.20 Å². The van der Waals surface area contributed by atoms with Gasteiger partial charge in [0.1, 0.15) is 5.82 Å². The fourth-order valence-electron chi connectivity index (χ4n) is 1.15. The van der Waals surface area contributed by atoms with E-state index in [1.807, 2.05) is 23.7 Å². The van der Waals surface area contributed by atoms with Crippen molar-refractivity contribution in [3.63, 3.8) is 0 Å². The molecule has 5 heteroatoms. The van der Waals surface area contributed by atoms with Crippen molar-refractivity contribution >= 4 is 28.8 Å². The summed E-state index contributed by atoms with van der Waals surface area (Å²) in [6, 6.07) is 3.79. The molecule has 0 amide bonds. The number of aryl methyl sites for hydroxylation is 1. The average Bonchev–Trinajstić information content (AvgIpc) is 2.58. The predicted octanol–water partition coefficient (Wildman–Crippen LogP) is 2.38. The Bertz CT molecular complexity index is 432. The Morgan fingerprint density at radius 3 is 2.77 bits per heavy atom. The van der Waals surface area contributed by atoms with Gasteiger partial charge >= 0.3 is 0 Å². The van der Waals surface area contributed by atoms with Gasteiger partial charge in [-0.3, -0.25) is 0 Å².